The molecule has 0 spiro atoms. The molecule has 2 aromatic rings. The molecule has 2 atom stereocenters. The molecule has 2 heterocycles. The zero-order valence-electron chi connectivity index (χ0n) is 16.4. The maximum Gasteiger partial charge on any atom is 0.269 e. The summed E-state index contributed by atoms with van der Waals surface area (Å²) in [6.07, 6.45) is 4.89. The van der Waals surface area contributed by atoms with Crippen molar-refractivity contribution in [1.29, 1.82) is 0 Å². The van der Waals surface area contributed by atoms with Crippen LogP contribution in [0.15, 0.2) is 65.1 Å². The maximum absolute atomic E-state index is 13.3. The van der Waals surface area contributed by atoms with Gasteiger partial charge in [-0.25, -0.2) is 0 Å². The molecule has 152 valence electrons. The number of benzene rings is 1. The molecule has 1 aromatic carbocycles. The van der Waals surface area contributed by atoms with Gasteiger partial charge in [-0.15, -0.1) is 0 Å². The van der Waals surface area contributed by atoms with Crippen LogP contribution in [0.3, 0.4) is 0 Å². The lowest BCUT2D eigenvalue weighted by atomic mass is 9.71. The minimum Gasteiger partial charge on any atom is -0.324 e. The van der Waals surface area contributed by atoms with Crippen molar-refractivity contribution in [2.24, 2.45) is 10.9 Å². The van der Waals surface area contributed by atoms with Crippen molar-refractivity contribution < 1.29 is 14.5 Å². The molecule has 1 aromatic heterocycles. The molecule has 1 N–H and O–H groups in total. The van der Waals surface area contributed by atoms with Crippen LogP contribution < -0.4 is 5.32 Å². The van der Waals surface area contributed by atoms with Gasteiger partial charge >= 0.3 is 0 Å². The SMILES string of the molecule is CC1=NC2=C(C(=O)CCC2)[C@H](c2cccc([N+](=O)[O-])c2)C1C(=O)Nc1cccnc1. The zero-order valence-corrected chi connectivity index (χ0v) is 16.4. The van der Waals surface area contributed by atoms with Gasteiger partial charge in [0.05, 0.1) is 22.7 Å². The molecule has 8 heteroatoms. The summed E-state index contributed by atoms with van der Waals surface area (Å²) in [6.45, 7) is 1.76. The number of nitrogens with one attached hydrogen (secondary N) is 1. The lowest BCUT2D eigenvalue weighted by Gasteiger charge is -2.34. The molecule has 1 aliphatic carbocycles. The summed E-state index contributed by atoms with van der Waals surface area (Å²) in [5.41, 5.74) is 2.78. The Kier molecular flexibility index (Phi) is 5.22. The molecule has 0 saturated carbocycles. The van der Waals surface area contributed by atoms with E-state index in [4.69, 9.17) is 0 Å². The number of nitrogens with zero attached hydrogens (tertiary/aromatic N) is 3. The van der Waals surface area contributed by atoms with Crippen LogP contribution in [-0.2, 0) is 9.59 Å². The average molecular weight is 404 g/mol. The third kappa shape index (κ3) is 3.63. The number of hydrogen-bond acceptors (Lipinski definition) is 6. The van der Waals surface area contributed by atoms with E-state index in [1.165, 1.54) is 18.3 Å². The van der Waals surface area contributed by atoms with Crippen LogP contribution in [0.5, 0.6) is 0 Å². The monoisotopic (exact) mass is 404 g/mol. The molecular weight excluding hydrogens is 384 g/mol. The van der Waals surface area contributed by atoms with Gasteiger partial charge < -0.3 is 5.32 Å². The van der Waals surface area contributed by atoms with Crippen LogP contribution in [-0.4, -0.2) is 27.3 Å². The van der Waals surface area contributed by atoms with E-state index in [2.05, 4.69) is 15.3 Å². The van der Waals surface area contributed by atoms with E-state index in [0.717, 1.165) is 0 Å². The number of Topliss-reactive ketones (excluding diaryl/α,β-unsaturated/α-hetero) is 1. The van der Waals surface area contributed by atoms with Crippen LogP contribution in [0, 0.1) is 16.0 Å². The molecule has 8 nitrogen and oxygen atoms in total. The van der Waals surface area contributed by atoms with Gasteiger partial charge in [-0.2, -0.15) is 0 Å². The fourth-order valence-corrected chi connectivity index (χ4v) is 4.19. The quantitative estimate of drug-likeness (QED) is 0.615. The number of non-ortho nitro benzene ring substituents is 1. The Morgan fingerprint density at radius 3 is 2.80 bits per heavy atom. The summed E-state index contributed by atoms with van der Waals surface area (Å²) in [7, 11) is 0. The number of allylic oxidation sites excluding steroid dienone is 2. The molecule has 0 bridgehead atoms. The second kappa shape index (κ2) is 7.98. The second-order valence-electron chi connectivity index (χ2n) is 7.43. The van der Waals surface area contributed by atoms with Crippen LogP contribution in [0.1, 0.15) is 37.7 Å². The first-order chi connectivity index (χ1) is 14.5. The Balaban J connectivity index is 1.81. The average Bonchev–Trinajstić information content (AvgIpc) is 2.73. The van der Waals surface area contributed by atoms with Gasteiger partial charge in [-0.3, -0.25) is 29.7 Å². The summed E-state index contributed by atoms with van der Waals surface area (Å²) in [4.78, 5) is 45.6. The third-order valence-electron chi connectivity index (χ3n) is 5.49. The van der Waals surface area contributed by atoms with Gasteiger partial charge in [-0.1, -0.05) is 12.1 Å². The second-order valence-corrected chi connectivity index (χ2v) is 7.43. The van der Waals surface area contributed by atoms with Gasteiger partial charge in [0, 0.05) is 47.7 Å². The standard InChI is InChI=1S/C22H20N4O4/c1-13-19(22(28)25-15-6-4-10-23-12-15)20(14-5-2-7-16(11-14)26(29)30)21-17(24-13)8-3-9-18(21)27/h2,4-7,10-12,19-20H,3,8-9H2,1H3,(H,25,28)/t19?,20-/m1/s1. The van der Waals surface area contributed by atoms with Crippen LogP contribution >= 0.6 is 0 Å². The van der Waals surface area contributed by atoms with E-state index in [9.17, 15) is 19.7 Å². The zero-order chi connectivity index (χ0) is 21.3. The minimum absolute atomic E-state index is 0.0526. The van der Waals surface area contributed by atoms with E-state index in [-0.39, 0.29) is 17.4 Å². The van der Waals surface area contributed by atoms with E-state index in [1.807, 2.05) is 0 Å². The molecule has 1 amide bonds. The summed E-state index contributed by atoms with van der Waals surface area (Å²) in [6, 6.07) is 9.58. The molecule has 1 aliphatic heterocycles. The lowest BCUT2D eigenvalue weighted by molar-refractivity contribution is -0.384. The van der Waals surface area contributed by atoms with E-state index >= 15 is 0 Å². The first-order valence-electron chi connectivity index (χ1n) is 9.72. The number of pyridine rings is 1. The van der Waals surface area contributed by atoms with E-state index < -0.39 is 16.8 Å². The minimum atomic E-state index is -0.756. The summed E-state index contributed by atoms with van der Waals surface area (Å²) >= 11 is 0. The van der Waals surface area contributed by atoms with Crippen molar-refractivity contribution in [2.75, 3.05) is 5.32 Å². The highest BCUT2D eigenvalue weighted by atomic mass is 16.6. The molecular formula is C22H20N4O4. The van der Waals surface area contributed by atoms with E-state index in [0.29, 0.717) is 47.5 Å². The molecule has 0 radical (unpaired) electrons. The van der Waals surface area contributed by atoms with Crippen molar-refractivity contribution in [3.63, 3.8) is 0 Å². The molecule has 30 heavy (non-hydrogen) atoms. The predicted molar refractivity (Wildman–Crippen MR) is 111 cm³/mol. The Labute approximate surface area is 172 Å². The first-order valence-corrected chi connectivity index (χ1v) is 9.72. The van der Waals surface area contributed by atoms with Gasteiger partial charge in [0.25, 0.3) is 5.69 Å². The van der Waals surface area contributed by atoms with Crippen molar-refractivity contribution in [3.8, 4) is 0 Å². The number of nitro groups is 1. The topological polar surface area (TPSA) is 115 Å². The van der Waals surface area contributed by atoms with Gasteiger partial charge in [0.15, 0.2) is 5.78 Å². The van der Waals surface area contributed by atoms with Gasteiger partial charge in [-0.05, 0) is 37.5 Å². The largest absolute Gasteiger partial charge is 0.324 e. The van der Waals surface area contributed by atoms with E-state index in [1.54, 1.807) is 37.4 Å². The Morgan fingerprint density at radius 1 is 1.23 bits per heavy atom. The van der Waals surface area contributed by atoms with Crippen LogP contribution in [0.4, 0.5) is 11.4 Å². The fraction of sp³-hybridized carbons (Fsp3) is 0.273. The molecule has 1 unspecified atom stereocenters. The summed E-state index contributed by atoms with van der Waals surface area (Å²) in [5.74, 6) is -1.76. The number of nitro benzene ring substituents is 1. The van der Waals surface area contributed by atoms with Gasteiger partial charge in [0.2, 0.25) is 5.91 Å². The number of ketones is 1. The molecule has 0 fully saturated rings. The highest BCUT2D eigenvalue weighted by molar-refractivity contribution is 6.13. The number of carbonyl (C=O) groups is 2. The smallest absolute Gasteiger partial charge is 0.269 e. The summed E-state index contributed by atoms with van der Waals surface area (Å²) in [5, 5.41) is 14.2. The first kappa shape index (κ1) is 19.6. The number of aliphatic imine (C=N–C) groups is 1. The number of amides is 1. The number of rotatable bonds is 4. The fourth-order valence-electron chi connectivity index (χ4n) is 4.19. The third-order valence-corrected chi connectivity index (χ3v) is 5.49. The van der Waals surface area contributed by atoms with Crippen molar-refractivity contribution in [2.45, 2.75) is 32.1 Å². The maximum atomic E-state index is 13.3. The summed E-state index contributed by atoms with van der Waals surface area (Å²) < 4.78 is 0. The number of carbonyl (C=O) groups excluding carboxylic acids is 2. The Bertz CT molecular complexity index is 1090. The molecule has 0 saturated heterocycles. The van der Waals surface area contributed by atoms with Crippen molar-refractivity contribution in [1.82, 2.24) is 4.98 Å². The van der Waals surface area contributed by atoms with Crippen LogP contribution in [0.25, 0.3) is 0 Å². The van der Waals surface area contributed by atoms with Crippen molar-refractivity contribution in [3.05, 3.63) is 75.7 Å². The van der Waals surface area contributed by atoms with Crippen molar-refractivity contribution >= 4 is 28.8 Å². The highest BCUT2D eigenvalue weighted by Gasteiger charge is 2.42. The number of aromatic nitrogens is 1. The Morgan fingerprint density at radius 2 is 2.07 bits per heavy atom. The molecule has 2 aliphatic rings. The van der Waals surface area contributed by atoms with Gasteiger partial charge in [0.1, 0.15) is 0 Å². The Hall–Kier alpha value is -3.68. The lowest BCUT2D eigenvalue weighted by Crippen LogP contribution is -2.39. The number of anilines is 1. The molecule has 4 rings (SSSR count). The number of hydrogen-bond donors (Lipinski definition) is 1. The predicted octanol–water partition coefficient (Wildman–Crippen LogP) is 3.81. The van der Waals surface area contributed by atoms with Crippen LogP contribution in [0.2, 0.25) is 0 Å². The normalized spacial score (nSPS) is 21.0. The highest BCUT2D eigenvalue weighted by Crippen LogP contribution is 2.44.